The summed E-state index contributed by atoms with van der Waals surface area (Å²) in [6, 6.07) is 1.70. The molecule has 0 aromatic heterocycles. The zero-order valence-corrected chi connectivity index (χ0v) is 17.3. The highest BCUT2D eigenvalue weighted by Crippen LogP contribution is 2.24. The number of amides is 4. The van der Waals surface area contributed by atoms with Crippen molar-refractivity contribution in [2.24, 2.45) is 0 Å². The van der Waals surface area contributed by atoms with Crippen molar-refractivity contribution in [3.63, 3.8) is 0 Å². The highest BCUT2D eigenvalue weighted by molar-refractivity contribution is 6.00. The van der Waals surface area contributed by atoms with E-state index in [1.165, 1.54) is 36.5 Å². The molecule has 1 fully saturated rings. The number of nitrogens with one attached hydrogen (secondary N) is 2. The van der Waals surface area contributed by atoms with Gasteiger partial charge in [0, 0.05) is 18.2 Å². The summed E-state index contributed by atoms with van der Waals surface area (Å²) in [6.45, 7) is 0. The van der Waals surface area contributed by atoms with Crippen molar-refractivity contribution in [3.05, 3.63) is 42.1 Å². The molecular formula is C21H22N4O8. The molecule has 0 spiro atoms. The van der Waals surface area contributed by atoms with Gasteiger partial charge in [-0.2, -0.15) is 0 Å². The Hall–Kier alpha value is -4.22. The predicted molar refractivity (Wildman–Crippen MR) is 110 cm³/mol. The van der Waals surface area contributed by atoms with Gasteiger partial charge in [-0.15, -0.1) is 0 Å². The van der Waals surface area contributed by atoms with Gasteiger partial charge in [0.2, 0.25) is 11.8 Å². The molecule has 0 radical (unpaired) electrons. The second-order valence-electron chi connectivity index (χ2n) is 7.52. The van der Waals surface area contributed by atoms with Crippen LogP contribution in [0.1, 0.15) is 36.0 Å². The average Bonchev–Trinajstić information content (AvgIpc) is 2.90. The van der Waals surface area contributed by atoms with Crippen molar-refractivity contribution < 1.29 is 39.0 Å². The van der Waals surface area contributed by atoms with Gasteiger partial charge in [0.15, 0.2) is 0 Å². The molecule has 1 aromatic rings. The van der Waals surface area contributed by atoms with Crippen LogP contribution in [-0.2, 0) is 24.0 Å². The molecule has 0 unspecified atom stereocenters. The third-order valence-corrected chi connectivity index (χ3v) is 5.18. The molecule has 0 saturated carbocycles. The quantitative estimate of drug-likeness (QED) is 0.388. The van der Waals surface area contributed by atoms with Crippen LogP contribution in [0.4, 0.5) is 0 Å². The first-order valence-corrected chi connectivity index (χ1v) is 10.1. The van der Waals surface area contributed by atoms with Crippen LogP contribution in [0.25, 0.3) is 0 Å². The number of aldehydes is 1. The van der Waals surface area contributed by atoms with Gasteiger partial charge >= 0.3 is 5.97 Å². The van der Waals surface area contributed by atoms with Crippen LogP contribution in [-0.4, -0.2) is 74.2 Å². The number of fused-ring (bicyclic) bond motifs is 1. The van der Waals surface area contributed by atoms with Gasteiger partial charge in [-0.05, 0) is 37.1 Å². The minimum Gasteiger partial charge on any atom is -0.508 e. The fourth-order valence-electron chi connectivity index (χ4n) is 3.55. The van der Waals surface area contributed by atoms with Crippen LogP contribution in [0.15, 0.2) is 36.5 Å². The lowest BCUT2D eigenvalue weighted by Crippen LogP contribution is -2.62. The van der Waals surface area contributed by atoms with E-state index in [1.807, 2.05) is 0 Å². The Morgan fingerprint density at radius 2 is 1.88 bits per heavy atom. The second-order valence-corrected chi connectivity index (χ2v) is 7.52. The molecule has 3 atom stereocenters. The smallest absolute Gasteiger partial charge is 0.305 e. The number of hydrogen-bond donors (Lipinski definition) is 4. The second kappa shape index (κ2) is 9.94. The number of hydrogen-bond acceptors (Lipinski definition) is 7. The van der Waals surface area contributed by atoms with E-state index >= 15 is 0 Å². The van der Waals surface area contributed by atoms with Crippen LogP contribution in [0.5, 0.6) is 5.75 Å². The number of benzene rings is 1. The Morgan fingerprint density at radius 3 is 2.52 bits per heavy atom. The third kappa shape index (κ3) is 5.34. The van der Waals surface area contributed by atoms with Gasteiger partial charge in [0.05, 0.1) is 12.5 Å². The Morgan fingerprint density at radius 1 is 1.18 bits per heavy atom. The monoisotopic (exact) mass is 458 g/mol. The molecule has 12 heteroatoms. The molecule has 0 bridgehead atoms. The first kappa shape index (κ1) is 23.4. The zero-order chi connectivity index (χ0) is 24.1. The maximum absolute atomic E-state index is 13.3. The lowest BCUT2D eigenvalue weighted by Gasteiger charge is -2.39. The fraction of sp³-hybridized carbons (Fsp3) is 0.333. The molecule has 1 saturated heterocycles. The normalized spacial score (nSPS) is 21.0. The highest BCUT2D eigenvalue weighted by atomic mass is 16.4. The summed E-state index contributed by atoms with van der Waals surface area (Å²) >= 11 is 0. The predicted octanol–water partition coefficient (Wildman–Crippen LogP) is -0.699. The van der Waals surface area contributed by atoms with Crippen molar-refractivity contribution in [1.82, 2.24) is 20.7 Å². The van der Waals surface area contributed by atoms with Crippen molar-refractivity contribution in [1.29, 1.82) is 0 Å². The minimum atomic E-state index is -1.31. The number of nitrogens with zero attached hydrogens (tertiary/aromatic N) is 2. The molecule has 12 nitrogen and oxygen atoms in total. The summed E-state index contributed by atoms with van der Waals surface area (Å²) in [7, 11) is 0. The maximum atomic E-state index is 13.3. The molecule has 1 aromatic carbocycles. The summed E-state index contributed by atoms with van der Waals surface area (Å²) in [4.78, 5) is 73.3. The van der Waals surface area contributed by atoms with Crippen molar-refractivity contribution in [2.75, 3.05) is 0 Å². The largest absolute Gasteiger partial charge is 0.508 e. The molecular weight excluding hydrogens is 436 g/mol. The van der Waals surface area contributed by atoms with E-state index in [0.717, 1.165) is 10.0 Å². The van der Waals surface area contributed by atoms with E-state index in [0.29, 0.717) is 0 Å². The molecule has 174 valence electrons. The van der Waals surface area contributed by atoms with Gasteiger partial charge in [-0.25, -0.2) is 10.0 Å². The summed E-state index contributed by atoms with van der Waals surface area (Å²) < 4.78 is 0. The number of hydrazine groups is 1. The van der Waals surface area contributed by atoms with Crippen molar-refractivity contribution in [3.8, 4) is 5.75 Å². The number of carbonyl (C=O) groups excluding carboxylic acids is 5. The van der Waals surface area contributed by atoms with Gasteiger partial charge in [-0.1, -0.05) is 6.08 Å². The van der Waals surface area contributed by atoms with E-state index < -0.39 is 54.1 Å². The summed E-state index contributed by atoms with van der Waals surface area (Å²) in [5.41, 5.74) is 0.184. The molecule has 33 heavy (non-hydrogen) atoms. The number of aromatic hydroxyl groups is 1. The third-order valence-electron chi connectivity index (χ3n) is 5.18. The standard InChI is InChI=1S/C21H22N4O8/c26-11-13(10-18(29)30)22-20(32)16-2-1-9-24-17(28)8-7-15(21(33)25(16)24)23-19(31)12-3-5-14(27)6-4-12/h1,3-6,9,11,13,15-16,27H,2,7-8,10H2,(H,22,32)(H,23,31)(H,29,30)/t13-,15-,16-/m0/s1. The molecule has 3 rings (SSSR count). The van der Waals surface area contributed by atoms with E-state index in [1.54, 1.807) is 0 Å². The molecule has 4 N–H and O–H groups in total. The van der Waals surface area contributed by atoms with Crippen LogP contribution in [0.2, 0.25) is 0 Å². The number of phenols is 1. The number of carboxylic acid groups (broad SMARTS) is 1. The first-order chi connectivity index (χ1) is 15.7. The van der Waals surface area contributed by atoms with Crippen LogP contribution in [0, 0.1) is 0 Å². The van der Waals surface area contributed by atoms with Crippen LogP contribution in [0.3, 0.4) is 0 Å². The summed E-state index contributed by atoms with van der Waals surface area (Å²) in [6.07, 6.45) is 2.41. The van der Waals surface area contributed by atoms with Crippen molar-refractivity contribution in [2.45, 2.75) is 43.8 Å². The molecule has 2 aliphatic rings. The minimum absolute atomic E-state index is 0.00730. The Kier molecular flexibility index (Phi) is 7.06. The molecule has 2 heterocycles. The fourth-order valence-corrected chi connectivity index (χ4v) is 3.55. The summed E-state index contributed by atoms with van der Waals surface area (Å²) in [5, 5.41) is 25.0. The van der Waals surface area contributed by atoms with Crippen LogP contribution < -0.4 is 10.6 Å². The van der Waals surface area contributed by atoms with E-state index in [9.17, 15) is 33.9 Å². The summed E-state index contributed by atoms with van der Waals surface area (Å²) in [5.74, 6) is -3.94. The van der Waals surface area contributed by atoms with Crippen LogP contribution >= 0.6 is 0 Å². The number of carboxylic acids is 1. The SMILES string of the molecule is O=C[C@H](CC(=O)O)NC(=O)[C@@H]1CC=CN2C(=O)CC[C@H](NC(=O)c3ccc(O)cc3)C(=O)N12. The first-order valence-electron chi connectivity index (χ1n) is 10.1. The highest BCUT2D eigenvalue weighted by Gasteiger charge is 2.43. The zero-order valence-electron chi connectivity index (χ0n) is 17.3. The van der Waals surface area contributed by atoms with E-state index in [4.69, 9.17) is 5.11 Å². The molecule has 2 aliphatic heterocycles. The molecule has 0 aliphatic carbocycles. The lowest BCUT2D eigenvalue weighted by atomic mass is 10.1. The average molecular weight is 458 g/mol. The van der Waals surface area contributed by atoms with E-state index in [-0.39, 0.29) is 36.9 Å². The molecule has 4 amide bonds. The Balaban J connectivity index is 1.81. The number of carbonyl (C=O) groups is 6. The van der Waals surface area contributed by atoms with Gasteiger partial charge in [0.1, 0.15) is 24.1 Å². The number of rotatable bonds is 7. The van der Waals surface area contributed by atoms with Gasteiger partial charge in [0.25, 0.3) is 11.8 Å². The Bertz CT molecular complexity index is 1010. The van der Waals surface area contributed by atoms with E-state index in [2.05, 4.69) is 10.6 Å². The maximum Gasteiger partial charge on any atom is 0.305 e. The topological polar surface area (TPSA) is 173 Å². The number of phenolic OH excluding ortho intramolecular Hbond substituents is 1. The number of aliphatic carboxylic acids is 1. The van der Waals surface area contributed by atoms with Gasteiger partial charge < -0.3 is 25.6 Å². The van der Waals surface area contributed by atoms with Gasteiger partial charge in [-0.3, -0.25) is 24.0 Å². The lowest BCUT2D eigenvalue weighted by molar-refractivity contribution is -0.166. The Labute approximate surface area is 187 Å². The van der Waals surface area contributed by atoms with Crippen molar-refractivity contribution >= 4 is 35.9 Å².